The number of halogens is 4. The van der Waals surface area contributed by atoms with Crippen molar-refractivity contribution in [1.82, 2.24) is 5.32 Å². The molecule has 0 aliphatic rings. The highest BCUT2D eigenvalue weighted by Gasteiger charge is 2.28. The number of carbonyl (C=O) groups excluding carboxylic acids is 1. The molecule has 1 rings (SSSR count). The molecule has 23 heavy (non-hydrogen) atoms. The summed E-state index contributed by atoms with van der Waals surface area (Å²) in [6.45, 7) is 3.63. The standard InChI is InChI=1S/C16H17F4NO2/c1-4-6-12(23-5-2)9(8-21-3)16(22)13-14(19)10(17)7-11(18)15(13)20/h6-8,21H,4-5H2,1-3H3/b9-8+,12-6+. The van der Waals surface area contributed by atoms with Gasteiger partial charge < -0.3 is 10.1 Å². The number of hydrogen-bond donors (Lipinski definition) is 1. The second kappa shape index (κ2) is 8.36. The number of allylic oxidation sites excluding steroid dienone is 2. The van der Waals surface area contributed by atoms with Crippen LogP contribution in [0.1, 0.15) is 30.6 Å². The van der Waals surface area contributed by atoms with Crippen LogP contribution in [0.2, 0.25) is 0 Å². The fourth-order valence-corrected chi connectivity index (χ4v) is 1.89. The van der Waals surface area contributed by atoms with Gasteiger partial charge in [-0.05, 0) is 19.4 Å². The molecule has 0 unspecified atom stereocenters. The smallest absolute Gasteiger partial charge is 0.204 e. The largest absolute Gasteiger partial charge is 0.493 e. The maximum absolute atomic E-state index is 13.8. The number of rotatable bonds is 7. The van der Waals surface area contributed by atoms with Gasteiger partial charge >= 0.3 is 0 Å². The van der Waals surface area contributed by atoms with Gasteiger partial charge in [-0.3, -0.25) is 4.79 Å². The lowest BCUT2D eigenvalue weighted by Crippen LogP contribution is -2.16. The second-order valence-corrected chi connectivity index (χ2v) is 4.43. The number of ether oxygens (including phenoxy) is 1. The highest BCUT2D eigenvalue weighted by Crippen LogP contribution is 2.25. The summed E-state index contributed by atoms with van der Waals surface area (Å²) in [4.78, 5) is 12.4. The lowest BCUT2D eigenvalue weighted by Gasteiger charge is -2.13. The summed E-state index contributed by atoms with van der Waals surface area (Å²) in [5.41, 5.74) is -1.54. The highest BCUT2D eigenvalue weighted by molar-refractivity contribution is 6.11. The maximum atomic E-state index is 13.8. The van der Waals surface area contributed by atoms with Gasteiger partial charge in [0.25, 0.3) is 0 Å². The van der Waals surface area contributed by atoms with E-state index in [2.05, 4.69) is 5.32 Å². The van der Waals surface area contributed by atoms with E-state index in [0.717, 1.165) is 6.20 Å². The predicted octanol–water partition coefficient (Wildman–Crippen LogP) is 3.86. The van der Waals surface area contributed by atoms with Crippen molar-refractivity contribution in [3.63, 3.8) is 0 Å². The first-order valence-corrected chi connectivity index (χ1v) is 6.97. The molecule has 0 spiro atoms. The Morgan fingerprint density at radius 1 is 1.17 bits per heavy atom. The number of benzene rings is 1. The van der Waals surface area contributed by atoms with Crippen LogP contribution in [0.25, 0.3) is 0 Å². The van der Waals surface area contributed by atoms with Gasteiger partial charge in [-0.15, -0.1) is 0 Å². The molecule has 0 radical (unpaired) electrons. The quantitative estimate of drug-likeness (QED) is 0.206. The third-order valence-electron chi connectivity index (χ3n) is 2.83. The van der Waals surface area contributed by atoms with Crippen LogP contribution >= 0.6 is 0 Å². The lowest BCUT2D eigenvalue weighted by molar-refractivity contribution is 0.101. The van der Waals surface area contributed by atoms with Gasteiger partial charge in [-0.2, -0.15) is 0 Å². The monoisotopic (exact) mass is 331 g/mol. The fourth-order valence-electron chi connectivity index (χ4n) is 1.89. The summed E-state index contributed by atoms with van der Waals surface area (Å²) >= 11 is 0. The minimum Gasteiger partial charge on any atom is -0.493 e. The van der Waals surface area contributed by atoms with E-state index in [0.29, 0.717) is 6.42 Å². The summed E-state index contributed by atoms with van der Waals surface area (Å²) in [7, 11) is 1.46. The minimum atomic E-state index is -1.75. The van der Waals surface area contributed by atoms with Gasteiger partial charge in [0.1, 0.15) is 11.3 Å². The molecule has 0 bridgehead atoms. The normalized spacial score (nSPS) is 12.3. The van der Waals surface area contributed by atoms with Crippen molar-refractivity contribution in [3.05, 3.63) is 58.5 Å². The van der Waals surface area contributed by atoms with Crippen molar-refractivity contribution in [2.45, 2.75) is 20.3 Å². The van der Waals surface area contributed by atoms with Gasteiger partial charge in [0.15, 0.2) is 23.3 Å². The summed E-state index contributed by atoms with van der Waals surface area (Å²) in [6.07, 6.45) is 3.16. The van der Waals surface area contributed by atoms with Crippen LogP contribution in [0.3, 0.4) is 0 Å². The van der Waals surface area contributed by atoms with Gasteiger partial charge in [-0.1, -0.05) is 6.92 Å². The Morgan fingerprint density at radius 2 is 1.74 bits per heavy atom. The van der Waals surface area contributed by atoms with E-state index in [-0.39, 0.29) is 24.0 Å². The molecule has 0 amide bonds. The molecule has 0 aromatic heterocycles. The molecule has 0 aliphatic heterocycles. The SMILES string of the molecule is CC/C=C(OCC)\C(=C/NC)C(=O)c1c(F)c(F)cc(F)c1F. The lowest BCUT2D eigenvalue weighted by atomic mass is 10.00. The number of ketones is 1. The zero-order chi connectivity index (χ0) is 17.6. The van der Waals surface area contributed by atoms with Crippen molar-refractivity contribution >= 4 is 5.78 Å². The molecule has 1 N–H and O–H groups in total. The first kappa shape index (κ1) is 18.7. The molecular weight excluding hydrogens is 314 g/mol. The Kier molecular flexibility index (Phi) is 6.81. The Balaban J connectivity index is 3.50. The predicted molar refractivity (Wildman–Crippen MR) is 77.7 cm³/mol. The topological polar surface area (TPSA) is 38.3 Å². The third kappa shape index (κ3) is 4.12. The summed E-state index contributed by atoms with van der Waals surface area (Å²) < 4.78 is 59.5. The van der Waals surface area contributed by atoms with Crippen LogP contribution in [0.5, 0.6) is 0 Å². The van der Waals surface area contributed by atoms with Crippen molar-refractivity contribution in [1.29, 1.82) is 0 Å². The molecule has 0 atom stereocenters. The number of Topliss-reactive ketones (excluding diaryl/α,β-unsaturated/α-hetero) is 1. The van der Waals surface area contributed by atoms with Gasteiger partial charge in [0.2, 0.25) is 5.78 Å². The Labute approximate surface area is 131 Å². The summed E-state index contributed by atoms with van der Waals surface area (Å²) in [6, 6.07) is 0.0498. The van der Waals surface area contributed by atoms with E-state index in [4.69, 9.17) is 4.74 Å². The number of carbonyl (C=O) groups is 1. The average Bonchev–Trinajstić information content (AvgIpc) is 2.50. The van der Waals surface area contributed by atoms with E-state index in [1.165, 1.54) is 13.1 Å². The summed E-state index contributed by atoms with van der Waals surface area (Å²) in [5.74, 6) is -7.94. The Bertz CT molecular complexity index is 628. The second-order valence-electron chi connectivity index (χ2n) is 4.43. The summed E-state index contributed by atoms with van der Waals surface area (Å²) in [5, 5.41) is 2.55. The van der Waals surface area contributed by atoms with E-state index in [1.54, 1.807) is 13.8 Å². The van der Waals surface area contributed by atoms with Crippen molar-refractivity contribution < 1.29 is 27.1 Å². The molecule has 7 heteroatoms. The zero-order valence-electron chi connectivity index (χ0n) is 13.0. The van der Waals surface area contributed by atoms with Crippen molar-refractivity contribution in [3.8, 4) is 0 Å². The molecular formula is C16H17F4NO2. The van der Waals surface area contributed by atoms with E-state index in [1.807, 2.05) is 0 Å². The molecule has 1 aromatic rings. The van der Waals surface area contributed by atoms with Crippen molar-refractivity contribution in [2.75, 3.05) is 13.7 Å². The third-order valence-corrected chi connectivity index (χ3v) is 2.83. The molecule has 3 nitrogen and oxygen atoms in total. The van der Waals surface area contributed by atoms with E-state index in [9.17, 15) is 22.4 Å². The molecule has 0 heterocycles. The van der Waals surface area contributed by atoms with Crippen LogP contribution in [-0.4, -0.2) is 19.4 Å². The molecule has 0 fully saturated rings. The molecule has 1 aromatic carbocycles. The Hall–Kier alpha value is -2.31. The van der Waals surface area contributed by atoms with Crippen molar-refractivity contribution in [2.24, 2.45) is 0 Å². The van der Waals surface area contributed by atoms with E-state index < -0.39 is 34.6 Å². The van der Waals surface area contributed by atoms with Crippen LogP contribution in [-0.2, 0) is 4.74 Å². The number of hydrogen-bond acceptors (Lipinski definition) is 3. The first-order valence-electron chi connectivity index (χ1n) is 6.97. The van der Waals surface area contributed by atoms with E-state index >= 15 is 0 Å². The van der Waals surface area contributed by atoms with Crippen LogP contribution < -0.4 is 5.32 Å². The molecule has 0 aliphatic carbocycles. The van der Waals surface area contributed by atoms with Gasteiger partial charge in [-0.25, -0.2) is 17.6 Å². The van der Waals surface area contributed by atoms with Crippen LogP contribution in [0.15, 0.2) is 29.7 Å². The zero-order valence-corrected chi connectivity index (χ0v) is 13.0. The molecule has 0 saturated carbocycles. The van der Waals surface area contributed by atoms with Gasteiger partial charge in [0, 0.05) is 19.3 Å². The number of nitrogens with one attached hydrogen (secondary N) is 1. The highest BCUT2D eigenvalue weighted by atomic mass is 19.2. The fraction of sp³-hybridized carbons (Fsp3) is 0.312. The van der Waals surface area contributed by atoms with Gasteiger partial charge in [0.05, 0.1) is 12.2 Å². The average molecular weight is 331 g/mol. The van der Waals surface area contributed by atoms with Crippen LogP contribution in [0.4, 0.5) is 17.6 Å². The maximum Gasteiger partial charge on any atom is 0.204 e. The first-order chi connectivity index (χ1) is 10.9. The minimum absolute atomic E-state index is 0.0498. The molecule has 0 saturated heterocycles. The van der Waals surface area contributed by atoms with Crippen LogP contribution in [0, 0.1) is 23.3 Å². The molecule has 126 valence electrons. The Morgan fingerprint density at radius 3 is 2.17 bits per heavy atom.